The van der Waals surface area contributed by atoms with Crippen LogP contribution in [0.3, 0.4) is 0 Å². The molecule has 5 atom stereocenters. The van der Waals surface area contributed by atoms with Gasteiger partial charge in [-0.2, -0.15) is 8.42 Å². The zero-order valence-electron chi connectivity index (χ0n) is 18.3. The highest BCUT2D eigenvalue weighted by molar-refractivity contribution is 7.81. The van der Waals surface area contributed by atoms with E-state index >= 15 is 0 Å². The summed E-state index contributed by atoms with van der Waals surface area (Å²) in [6.45, 7) is -0.807. The van der Waals surface area contributed by atoms with Crippen molar-refractivity contribution in [2.75, 3.05) is 6.61 Å². The van der Waals surface area contributed by atoms with E-state index in [0.29, 0.717) is 0 Å². The molecule has 1 aromatic heterocycles. The fourth-order valence-electron chi connectivity index (χ4n) is 3.68. The van der Waals surface area contributed by atoms with Crippen molar-refractivity contribution in [2.24, 2.45) is 0 Å². The molecule has 0 spiro atoms. The maximum atomic E-state index is 13.4. The number of fused-ring (bicyclic) bond motifs is 1. The molecule has 0 saturated carbocycles. The average molecular weight is 544 g/mol. The summed E-state index contributed by atoms with van der Waals surface area (Å²) in [6.07, 6.45) is -8.85. The van der Waals surface area contributed by atoms with Gasteiger partial charge in [-0.25, -0.2) is 0 Å². The minimum absolute atomic E-state index is 0.210. The summed E-state index contributed by atoms with van der Waals surface area (Å²) < 4.78 is 51.9. The summed E-state index contributed by atoms with van der Waals surface area (Å²) in [5, 5.41) is 69.3. The molecule has 0 bridgehead atoms. The van der Waals surface area contributed by atoms with Crippen LogP contribution in [0.25, 0.3) is 22.3 Å². The smallest absolute Gasteiger partial charge is 0.446 e. The zero-order chi connectivity index (χ0) is 27.2. The maximum Gasteiger partial charge on any atom is 0.446 e. The van der Waals surface area contributed by atoms with E-state index in [4.69, 9.17) is 18.4 Å². The lowest BCUT2D eigenvalue weighted by molar-refractivity contribution is -0.277. The molecule has 8 N–H and O–H groups in total. The van der Waals surface area contributed by atoms with Crippen molar-refractivity contribution in [2.45, 2.75) is 30.7 Å². The van der Waals surface area contributed by atoms with Gasteiger partial charge in [0.2, 0.25) is 17.5 Å². The number of ether oxygens (including phenoxy) is 2. The van der Waals surface area contributed by atoms with Gasteiger partial charge in [0.1, 0.15) is 46.9 Å². The SMILES string of the molecule is O=c1c(O[C@@H]2OC(CO)[C@@H](O)C(O)[C@@H]2O)c(-c2ccc(O)c(OS(=O)(=O)O)c2)oc2cc(O)cc(O)c12. The Morgan fingerprint density at radius 1 is 0.946 bits per heavy atom. The maximum absolute atomic E-state index is 13.4. The molecular weight excluding hydrogens is 524 g/mol. The number of phenols is 3. The Morgan fingerprint density at radius 3 is 2.30 bits per heavy atom. The quantitative estimate of drug-likeness (QED) is 0.172. The predicted octanol–water partition coefficient (Wildman–Crippen LogP) is -1.06. The molecule has 0 aliphatic carbocycles. The molecule has 0 amide bonds. The Bertz CT molecular complexity index is 1500. The van der Waals surface area contributed by atoms with Gasteiger partial charge < -0.3 is 53.8 Å². The van der Waals surface area contributed by atoms with Crippen LogP contribution in [0, 0.1) is 0 Å². The molecule has 15 nitrogen and oxygen atoms in total. The first-order valence-electron chi connectivity index (χ1n) is 10.3. The molecule has 1 aliphatic heterocycles. The highest BCUT2D eigenvalue weighted by Crippen LogP contribution is 2.40. The Kier molecular flexibility index (Phi) is 6.91. The Labute approximate surface area is 206 Å². The van der Waals surface area contributed by atoms with Crippen LogP contribution in [0.15, 0.2) is 39.5 Å². The summed E-state index contributed by atoms with van der Waals surface area (Å²) in [5.41, 5.74) is -1.67. The fraction of sp³-hybridized carbons (Fsp3) is 0.286. The first-order valence-corrected chi connectivity index (χ1v) is 11.7. The summed E-state index contributed by atoms with van der Waals surface area (Å²) >= 11 is 0. The second-order valence-corrected chi connectivity index (χ2v) is 8.96. The lowest BCUT2D eigenvalue weighted by Gasteiger charge is -2.39. The largest absolute Gasteiger partial charge is 0.508 e. The third-order valence-electron chi connectivity index (χ3n) is 5.42. The minimum Gasteiger partial charge on any atom is -0.508 e. The van der Waals surface area contributed by atoms with Gasteiger partial charge in [-0.05, 0) is 18.2 Å². The van der Waals surface area contributed by atoms with Gasteiger partial charge in [0.05, 0.1) is 6.61 Å². The van der Waals surface area contributed by atoms with E-state index in [9.17, 15) is 49.0 Å². The van der Waals surface area contributed by atoms with Gasteiger partial charge in [0.15, 0.2) is 17.3 Å². The molecule has 2 heterocycles. The molecule has 16 heteroatoms. The van der Waals surface area contributed by atoms with Crippen LogP contribution in [0.4, 0.5) is 0 Å². The van der Waals surface area contributed by atoms with Crippen LogP contribution in [0.2, 0.25) is 0 Å². The Balaban J connectivity index is 1.92. The number of phenolic OH excluding ortho intramolecular Hbond substituents is 3. The summed E-state index contributed by atoms with van der Waals surface area (Å²) in [5.74, 6) is -4.06. The van der Waals surface area contributed by atoms with E-state index in [1.165, 1.54) is 0 Å². The molecular formula is C21H20O15S. The van der Waals surface area contributed by atoms with Crippen molar-refractivity contribution in [3.05, 3.63) is 40.6 Å². The molecule has 0 radical (unpaired) electrons. The first-order chi connectivity index (χ1) is 17.3. The lowest BCUT2D eigenvalue weighted by atomic mass is 9.99. The van der Waals surface area contributed by atoms with Crippen LogP contribution in [-0.4, -0.2) is 86.0 Å². The molecule has 4 rings (SSSR count). The number of aliphatic hydroxyl groups is 4. The van der Waals surface area contributed by atoms with Crippen molar-refractivity contribution in [3.8, 4) is 40.1 Å². The molecule has 37 heavy (non-hydrogen) atoms. The van der Waals surface area contributed by atoms with Crippen molar-refractivity contribution in [1.82, 2.24) is 0 Å². The zero-order valence-corrected chi connectivity index (χ0v) is 19.1. The summed E-state index contributed by atoms with van der Waals surface area (Å²) in [7, 11) is -5.09. The Morgan fingerprint density at radius 2 is 1.65 bits per heavy atom. The van der Waals surface area contributed by atoms with Crippen LogP contribution in [0.5, 0.6) is 28.7 Å². The number of aromatic hydroxyl groups is 3. The van der Waals surface area contributed by atoms with E-state index in [-0.39, 0.29) is 11.1 Å². The first kappa shape index (κ1) is 26.4. The predicted molar refractivity (Wildman–Crippen MR) is 119 cm³/mol. The van der Waals surface area contributed by atoms with E-state index < -0.39 is 93.0 Å². The van der Waals surface area contributed by atoms with Crippen LogP contribution in [0.1, 0.15) is 0 Å². The highest BCUT2D eigenvalue weighted by atomic mass is 32.3. The van der Waals surface area contributed by atoms with Crippen molar-refractivity contribution >= 4 is 21.4 Å². The third kappa shape index (κ3) is 5.12. The van der Waals surface area contributed by atoms with E-state index in [1.807, 2.05) is 0 Å². The normalized spacial score (nSPS) is 24.2. The fourth-order valence-corrected chi connectivity index (χ4v) is 4.04. The second-order valence-electron chi connectivity index (χ2n) is 7.94. The number of benzene rings is 2. The molecule has 2 unspecified atom stereocenters. The number of aliphatic hydroxyl groups excluding tert-OH is 4. The van der Waals surface area contributed by atoms with Gasteiger partial charge >= 0.3 is 10.4 Å². The van der Waals surface area contributed by atoms with Gasteiger partial charge in [-0.15, -0.1) is 0 Å². The van der Waals surface area contributed by atoms with Gasteiger partial charge in [0, 0.05) is 17.7 Å². The summed E-state index contributed by atoms with van der Waals surface area (Å²) in [4.78, 5) is 13.4. The Hall–Kier alpha value is -3.64. The van der Waals surface area contributed by atoms with E-state index in [1.54, 1.807) is 0 Å². The van der Waals surface area contributed by atoms with Crippen molar-refractivity contribution in [3.63, 3.8) is 0 Å². The van der Waals surface area contributed by atoms with Gasteiger partial charge in [-0.3, -0.25) is 9.35 Å². The monoisotopic (exact) mass is 544 g/mol. The number of hydrogen-bond donors (Lipinski definition) is 8. The highest BCUT2D eigenvalue weighted by Gasteiger charge is 2.45. The average Bonchev–Trinajstić information content (AvgIpc) is 2.80. The van der Waals surface area contributed by atoms with Crippen LogP contribution >= 0.6 is 0 Å². The number of hydrogen-bond acceptors (Lipinski definition) is 14. The van der Waals surface area contributed by atoms with Crippen LogP contribution in [-0.2, 0) is 15.1 Å². The second kappa shape index (κ2) is 9.67. The standard InChI is InChI=1S/C21H20O15S/c22-6-13-15(26)17(28)18(29)21(34-13)35-20-16(27)14-10(25)4-8(23)5-12(14)33-19(20)7-1-2-9(24)11(3-7)36-37(30,31)32/h1-5,13,15,17-18,21-26,28-29H,6H2,(H,30,31,32)/t13?,15-,17?,18+,21+/m1/s1. The van der Waals surface area contributed by atoms with E-state index in [0.717, 1.165) is 30.3 Å². The van der Waals surface area contributed by atoms with Crippen molar-refractivity contribution in [1.29, 1.82) is 0 Å². The molecule has 1 aliphatic rings. The van der Waals surface area contributed by atoms with E-state index in [2.05, 4.69) is 4.18 Å². The lowest BCUT2D eigenvalue weighted by Crippen LogP contribution is -2.60. The van der Waals surface area contributed by atoms with Gasteiger partial charge in [-0.1, -0.05) is 0 Å². The van der Waals surface area contributed by atoms with Crippen molar-refractivity contribution < 1.29 is 66.8 Å². The molecule has 3 aromatic rings. The molecule has 1 saturated heterocycles. The molecule has 1 fully saturated rings. The molecule has 200 valence electrons. The third-order valence-corrected chi connectivity index (χ3v) is 5.81. The topological polar surface area (TPSA) is 254 Å². The van der Waals surface area contributed by atoms with Gasteiger partial charge in [0.25, 0.3) is 0 Å². The summed E-state index contributed by atoms with van der Waals surface area (Å²) in [6, 6.07) is 4.65. The number of rotatable bonds is 6. The minimum atomic E-state index is -5.09. The van der Waals surface area contributed by atoms with Crippen LogP contribution < -0.4 is 14.3 Å². The molecule has 2 aromatic carbocycles.